The molecule has 4 heteroatoms. The number of hydrogen-bond donors (Lipinski definition) is 1. The normalized spacial score (nSPS) is 17.1. The first kappa shape index (κ1) is 15.2. The third kappa shape index (κ3) is 5.04. The lowest BCUT2D eigenvalue weighted by atomic mass is 9.97. The van der Waals surface area contributed by atoms with E-state index in [4.69, 9.17) is 16.3 Å². The van der Waals surface area contributed by atoms with E-state index in [0.717, 1.165) is 12.8 Å². The minimum Gasteiger partial charge on any atom is -0.482 e. The molecule has 0 aliphatic heterocycles. The summed E-state index contributed by atoms with van der Waals surface area (Å²) in [5.74, 6) is 0.498. The average molecular weight is 296 g/mol. The van der Waals surface area contributed by atoms with Crippen molar-refractivity contribution in [1.82, 2.24) is 5.32 Å². The number of para-hydroxylation sites is 1. The molecule has 0 heterocycles. The van der Waals surface area contributed by atoms with Gasteiger partial charge in [-0.25, -0.2) is 0 Å². The molecule has 0 unspecified atom stereocenters. The van der Waals surface area contributed by atoms with Crippen LogP contribution in [0.4, 0.5) is 0 Å². The largest absolute Gasteiger partial charge is 0.482 e. The molecule has 1 N–H and O–H groups in total. The minimum atomic E-state index is -0.0597. The Bertz CT molecular complexity index is 428. The van der Waals surface area contributed by atoms with Gasteiger partial charge in [0.2, 0.25) is 0 Å². The SMILES string of the molecule is O=C(COc1ccccc1Cl)NC1CCCCCCC1. The van der Waals surface area contributed by atoms with Crippen molar-refractivity contribution in [2.75, 3.05) is 6.61 Å². The molecule has 1 aromatic carbocycles. The zero-order chi connectivity index (χ0) is 14.2. The van der Waals surface area contributed by atoms with E-state index in [0.29, 0.717) is 16.8 Å². The van der Waals surface area contributed by atoms with Crippen LogP contribution in [0.5, 0.6) is 5.75 Å². The molecule has 0 bridgehead atoms. The highest BCUT2D eigenvalue weighted by Crippen LogP contribution is 2.23. The summed E-state index contributed by atoms with van der Waals surface area (Å²) in [6.45, 7) is 0.0280. The van der Waals surface area contributed by atoms with Gasteiger partial charge >= 0.3 is 0 Å². The Labute approximate surface area is 125 Å². The van der Waals surface area contributed by atoms with Crippen LogP contribution in [-0.2, 0) is 4.79 Å². The number of ether oxygens (including phenoxy) is 1. The topological polar surface area (TPSA) is 38.3 Å². The summed E-state index contributed by atoms with van der Waals surface area (Å²) in [6, 6.07) is 7.50. The van der Waals surface area contributed by atoms with Crippen LogP contribution in [0, 0.1) is 0 Å². The van der Waals surface area contributed by atoms with Crippen LogP contribution >= 0.6 is 11.6 Å². The predicted molar refractivity (Wildman–Crippen MR) is 81.2 cm³/mol. The maximum atomic E-state index is 11.9. The molecule has 0 aromatic heterocycles. The first-order valence-corrected chi connectivity index (χ1v) is 7.80. The van der Waals surface area contributed by atoms with E-state index in [1.54, 1.807) is 12.1 Å². The molecule has 1 aliphatic rings. The van der Waals surface area contributed by atoms with Crippen molar-refractivity contribution in [3.05, 3.63) is 29.3 Å². The third-order valence-electron chi connectivity index (χ3n) is 3.67. The van der Waals surface area contributed by atoms with E-state index < -0.39 is 0 Å². The Balaban J connectivity index is 1.75. The Kier molecular flexibility index (Phi) is 6.19. The molecule has 1 aliphatic carbocycles. The monoisotopic (exact) mass is 295 g/mol. The van der Waals surface area contributed by atoms with Crippen LogP contribution in [0.2, 0.25) is 5.02 Å². The highest BCUT2D eigenvalue weighted by molar-refractivity contribution is 6.32. The van der Waals surface area contributed by atoms with Gasteiger partial charge in [0.05, 0.1) is 5.02 Å². The molecule has 1 fully saturated rings. The average Bonchev–Trinajstić information content (AvgIpc) is 2.41. The molecule has 1 amide bonds. The molecule has 0 spiro atoms. The summed E-state index contributed by atoms with van der Waals surface area (Å²) in [5, 5.41) is 3.60. The van der Waals surface area contributed by atoms with Gasteiger partial charge in [0.15, 0.2) is 6.61 Å². The molecule has 110 valence electrons. The van der Waals surface area contributed by atoms with Gasteiger partial charge < -0.3 is 10.1 Å². The second-order valence-corrected chi connectivity index (χ2v) is 5.74. The molecule has 0 radical (unpaired) electrons. The fourth-order valence-corrected chi connectivity index (χ4v) is 2.77. The van der Waals surface area contributed by atoms with Crippen LogP contribution in [0.25, 0.3) is 0 Å². The zero-order valence-electron chi connectivity index (χ0n) is 11.7. The standard InChI is InChI=1S/C16H22ClNO2/c17-14-10-6-7-11-15(14)20-12-16(19)18-13-8-4-2-1-3-5-9-13/h6-7,10-11,13H,1-5,8-9,12H2,(H,18,19). The fourth-order valence-electron chi connectivity index (χ4n) is 2.57. The predicted octanol–water partition coefficient (Wildman–Crippen LogP) is 3.95. The van der Waals surface area contributed by atoms with Crippen LogP contribution in [0.1, 0.15) is 44.9 Å². The van der Waals surface area contributed by atoms with E-state index in [1.807, 2.05) is 12.1 Å². The summed E-state index contributed by atoms with van der Waals surface area (Å²) >= 11 is 5.98. The van der Waals surface area contributed by atoms with Gasteiger partial charge in [-0.2, -0.15) is 0 Å². The van der Waals surface area contributed by atoms with E-state index in [1.165, 1.54) is 32.1 Å². The van der Waals surface area contributed by atoms with Crippen molar-refractivity contribution in [1.29, 1.82) is 0 Å². The number of carbonyl (C=O) groups excluding carboxylic acids is 1. The highest BCUT2D eigenvalue weighted by atomic mass is 35.5. The molecule has 2 rings (SSSR count). The van der Waals surface area contributed by atoms with Gasteiger partial charge in [0.1, 0.15) is 5.75 Å². The molecule has 1 aromatic rings. The molecular formula is C16H22ClNO2. The molecule has 0 atom stereocenters. The van der Waals surface area contributed by atoms with Gasteiger partial charge in [0.25, 0.3) is 5.91 Å². The summed E-state index contributed by atoms with van der Waals surface area (Å²) in [4.78, 5) is 11.9. The molecular weight excluding hydrogens is 274 g/mol. The van der Waals surface area contributed by atoms with Crippen molar-refractivity contribution in [2.45, 2.75) is 51.0 Å². The van der Waals surface area contributed by atoms with Crippen molar-refractivity contribution >= 4 is 17.5 Å². The fraction of sp³-hybridized carbons (Fsp3) is 0.562. The van der Waals surface area contributed by atoms with Crippen molar-refractivity contribution < 1.29 is 9.53 Å². The van der Waals surface area contributed by atoms with E-state index in [-0.39, 0.29) is 12.5 Å². The first-order chi connectivity index (χ1) is 9.75. The number of benzene rings is 1. The maximum Gasteiger partial charge on any atom is 0.258 e. The number of nitrogens with one attached hydrogen (secondary N) is 1. The van der Waals surface area contributed by atoms with Gasteiger partial charge in [-0.15, -0.1) is 0 Å². The quantitative estimate of drug-likeness (QED) is 0.913. The number of carbonyl (C=O) groups is 1. The lowest BCUT2D eigenvalue weighted by Gasteiger charge is -2.21. The van der Waals surface area contributed by atoms with Crippen LogP contribution < -0.4 is 10.1 Å². The highest BCUT2D eigenvalue weighted by Gasteiger charge is 2.14. The van der Waals surface area contributed by atoms with Gasteiger partial charge in [0, 0.05) is 6.04 Å². The van der Waals surface area contributed by atoms with Gasteiger partial charge in [-0.1, -0.05) is 55.8 Å². The number of amides is 1. The molecule has 0 saturated heterocycles. The van der Waals surface area contributed by atoms with Gasteiger partial charge in [-0.3, -0.25) is 4.79 Å². The Morgan fingerprint density at radius 3 is 2.50 bits per heavy atom. The molecule has 3 nitrogen and oxygen atoms in total. The van der Waals surface area contributed by atoms with Gasteiger partial charge in [-0.05, 0) is 25.0 Å². The van der Waals surface area contributed by atoms with Crippen LogP contribution in [0.15, 0.2) is 24.3 Å². The Hall–Kier alpha value is -1.22. The third-order valence-corrected chi connectivity index (χ3v) is 3.98. The second-order valence-electron chi connectivity index (χ2n) is 5.33. The second kappa shape index (κ2) is 8.15. The zero-order valence-corrected chi connectivity index (χ0v) is 12.5. The van der Waals surface area contributed by atoms with Crippen molar-refractivity contribution in [2.24, 2.45) is 0 Å². The van der Waals surface area contributed by atoms with Crippen LogP contribution in [0.3, 0.4) is 0 Å². The molecule has 1 saturated carbocycles. The summed E-state index contributed by atoms with van der Waals surface area (Å²) in [7, 11) is 0. The van der Waals surface area contributed by atoms with Crippen molar-refractivity contribution in [3.63, 3.8) is 0 Å². The minimum absolute atomic E-state index is 0.0280. The molecule has 20 heavy (non-hydrogen) atoms. The summed E-state index contributed by atoms with van der Waals surface area (Å²) < 4.78 is 5.45. The number of rotatable bonds is 4. The van der Waals surface area contributed by atoms with Crippen LogP contribution in [-0.4, -0.2) is 18.6 Å². The van der Waals surface area contributed by atoms with E-state index in [2.05, 4.69) is 5.32 Å². The Morgan fingerprint density at radius 2 is 1.80 bits per heavy atom. The van der Waals surface area contributed by atoms with E-state index >= 15 is 0 Å². The summed E-state index contributed by atoms with van der Waals surface area (Å²) in [5.41, 5.74) is 0. The number of halogens is 1. The summed E-state index contributed by atoms with van der Waals surface area (Å²) in [6.07, 6.45) is 8.46. The number of hydrogen-bond acceptors (Lipinski definition) is 2. The van der Waals surface area contributed by atoms with E-state index in [9.17, 15) is 4.79 Å². The van der Waals surface area contributed by atoms with Crippen molar-refractivity contribution in [3.8, 4) is 5.75 Å². The Morgan fingerprint density at radius 1 is 1.15 bits per heavy atom. The maximum absolute atomic E-state index is 11.9. The lowest BCUT2D eigenvalue weighted by molar-refractivity contribution is -0.123. The lowest BCUT2D eigenvalue weighted by Crippen LogP contribution is -2.38. The first-order valence-electron chi connectivity index (χ1n) is 7.42. The smallest absolute Gasteiger partial charge is 0.258 e.